The third-order valence-electron chi connectivity index (χ3n) is 4.74. The number of rotatable bonds is 6. The molecule has 2 aromatic heterocycles. The number of nitrogens with zero attached hydrogens (tertiary/aromatic N) is 2. The van der Waals surface area contributed by atoms with E-state index in [9.17, 15) is 14.3 Å². The first-order chi connectivity index (χ1) is 15.0. The lowest BCUT2D eigenvalue weighted by molar-refractivity contribution is -0.117. The van der Waals surface area contributed by atoms with Crippen LogP contribution in [0.5, 0.6) is 5.75 Å². The van der Waals surface area contributed by atoms with Crippen molar-refractivity contribution in [1.29, 1.82) is 0 Å². The van der Waals surface area contributed by atoms with E-state index in [-0.39, 0.29) is 23.9 Å². The fourth-order valence-corrected chi connectivity index (χ4v) is 3.15. The van der Waals surface area contributed by atoms with Crippen molar-refractivity contribution in [2.75, 3.05) is 5.32 Å². The summed E-state index contributed by atoms with van der Waals surface area (Å²) in [6.07, 6.45) is 3.49. The molecule has 4 rings (SSSR count). The Morgan fingerprint density at radius 3 is 2.39 bits per heavy atom. The number of carbonyl (C=O) groups excluding carboxylic acids is 1. The van der Waals surface area contributed by atoms with Gasteiger partial charge in [-0.3, -0.25) is 15.1 Å². The fourth-order valence-electron chi connectivity index (χ4n) is 3.15. The SMILES string of the molecule is N[C@@H](Cc1ccc(O)cc1)C(=O)Nc1onc(-c2ccc(F)cc2)c1-c1ccncc1. The van der Waals surface area contributed by atoms with Gasteiger partial charge >= 0.3 is 0 Å². The van der Waals surface area contributed by atoms with Crippen LogP contribution in [-0.2, 0) is 11.2 Å². The molecule has 0 fully saturated rings. The van der Waals surface area contributed by atoms with Crippen molar-refractivity contribution in [2.24, 2.45) is 5.73 Å². The van der Waals surface area contributed by atoms with Crippen LogP contribution in [0.25, 0.3) is 22.4 Å². The van der Waals surface area contributed by atoms with Crippen LogP contribution in [0.1, 0.15) is 5.56 Å². The Labute approximate surface area is 177 Å². The van der Waals surface area contributed by atoms with E-state index in [1.165, 1.54) is 24.3 Å². The highest BCUT2D eigenvalue weighted by molar-refractivity contribution is 5.99. The van der Waals surface area contributed by atoms with Gasteiger partial charge in [-0.1, -0.05) is 17.3 Å². The monoisotopic (exact) mass is 418 g/mol. The van der Waals surface area contributed by atoms with Gasteiger partial charge in [-0.2, -0.15) is 0 Å². The van der Waals surface area contributed by atoms with Gasteiger partial charge in [-0.15, -0.1) is 0 Å². The van der Waals surface area contributed by atoms with Gasteiger partial charge < -0.3 is 15.4 Å². The molecule has 4 aromatic rings. The van der Waals surface area contributed by atoms with Crippen LogP contribution in [0.4, 0.5) is 10.3 Å². The summed E-state index contributed by atoms with van der Waals surface area (Å²) < 4.78 is 18.8. The van der Waals surface area contributed by atoms with Crippen LogP contribution in [0.3, 0.4) is 0 Å². The van der Waals surface area contributed by atoms with Crippen molar-refractivity contribution in [3.8, 4) is 28.1 Å². The van der Waals surface area contributed by atoms with E-state index in [1.807, 2.05) is 0 Å². The predicted octanol–water partition coefficient (Wildman–Crippen LogP) is 3.76. The number of halogens is 1. The van der Waals surface area contributed by atoms with Crippen LogP contribution < -0.4 is 11.1 Å². The Bertz CT molecular complexity index is 1180. The van der Waals surface area contributed by atoms with Gasteiger partial charge in [-0.25, -0.2) is 4.39 Å². The normalized spacial score (nSPS) is 11.8. The number of pyridine rings is 1. The Hall–Kier alpha value is -4.04. The summed E-state index contributed by atoms with van der Waals surface area (Å²) in [7, 11) is 0. The van der Waals surface area contributed by atoms with E-state index in [4.69, 9.17) is 10.3 Å². The van der Waals surface area contributed by atoms with E-state index in [0.717, 1.165) is 11.1 Å². The Morgan fingerprint density at radius 2 is 1.71 bits per heavy atom. The van der Waals surface area contributed by atoms with Crippen molar-refractivity contribution >= 4 is 11.8 Å². The summed E-state index contributed by atoms with van der Waals surface area (Å²) in [5.41, 5.74) is 9.22. The number of aromatic nitrogens is 2. The lowest BCUT2D eigenvalue weighted by Gasteiger charge is -2.12. The molecule has 2 aromatic carbocycles. The molecule has 0 unspecified atom stereocenters. The number of aromatic hydroxyl groups is 1. The lowest BCUT2D eigenvalue weighted by Crippen LogP contribution is -2.37. The minimum absolute atomic E-state index is 0.136. The Kier molecular flexibility index (Phi) is 5.72. The zero-order valence-corrected chi connectivity index (χ0v) is 16.3. The topological polar surface area (TPSA) is 114 Å². The first-order valence-corrected chi connectivity index (χ1v) is 9.51. The number of hydrogen-bond acceptors (Lipinski definition) is 6. The van der Waals surface area contributed by atoms with Gasteiger partial charge in [0.15, 0.2) is 0 Å². The summed E-state index contributed by atoms with van der Waals surface area (Å²) in [4.78, 5) is 16.7. The minimum Gasteiger partial charge on any atom is -0.508 e. The summed E-state index contributed by atoms with van der Waals surface area (Å²) in [6.45, 7) is 0. The number of benzene rings is 2. The van der Waals surface area contributed by atoms with Gasteiger partial charge in [0, 0.05) is 18.0 Å². The van der Waals surface area contributed by atoms with Crippen molar-refractivity contribution in [3.05, 3.63) is 84.4 Å². The zero-order chi connectivity index (χ0) is 21.8. The standard InChI is InChI=1S/C23H19FN4O3/c24-17-5-3-16(4-6-17)21-20(15-9-11-26-12-10-15)23(31-28-21)27-22(30)19(25)13-14-1-7-18(29)8-2-14/h1-12,19,29H,13,25H2,(H,27,30)/t19-/m0/s1. The molecule has 2 heterocycles. The van der Waals surface area contributed by atoms with Crippen LogP contribution in [0, 0.1) is 5.82 Å². The highest BCUT2D eigenvalue weighted by Gasteiger charge is 2.23. The second-order valence-electron chi connectivity index (χ2n) is 6.94. The first kappa shape index (κ1) is 20.2. The van der Waals surface area contributed by atoms with Crippen molar-refractivity contribution < 1.29 is 18.8 Å². The van der Waals surface area contributed by atoms with E-state index >= 15 is 0 Å². The fraction of sp³-hybridized carbons (Fsp3) is 0.0870. The van der Waals surface area contributed by atoms with E-state index in [1.54, 1.807) is 48.8 Å². The largest absolute Gasteiger partial charge is 0.508 e. The smallest absolute Gasteiger partial charge is 0.244 e. The van der Waals surface area contributed by atoms with Crippen LogP contribution in [0.2, 0.25) is 0 Å². The quantitative estimate of drug-likeness (QED) is 0.439. The van der Waals surface area contributed by atoms with Crippen LogP contribution >= 0.6 is 0 Å². The molecule has 8 heteroatoms. The number of phenols is 1. The van der Waals surface area contributed by atoms with Crippen molar-refractivity contribution in [1.82, 2.24) is 10.1 Å². The molecule has 0 aliphatic heterocycles. The maximum Gasteiger partial charge on any atom is 0.244 e. The average molecular weight is 418 g/mol. The average Bonchev–Trinajstić information content (AvgIpc) is 3.19. The molecule has 0 saturated carbocycles. The third kappa shape index (κ3) is 4.59. The summed E-state index contributed by atoms with van der Waals surface area (Å²) in [5.74, 6) is -0.549. The summed E-state index contributed by atoms with van der Waals surface area (Å²) in [5, 5.41) is 16.2. The van der Waals surface area contributed by atoms with Crippen LogP contribution in [-0.4, -0.2) is 27.2 Å². The Balaban J connectivity index is 1.62. The van der Waals surface area contributed by atoms with E-state index < -0.39 is 11.9 Å². The van der Waals surface area contributed by atoms with Gasteiger partial charge in [0.25, 0.3) is 0 Å². The number of nitrogens with two attached hydrogens (primary N) is 1. The third-order valence-corrected chi connectivity index (χ3v) is 4.74. The second kappa shape index (κ2) is 8.76. The van der Waals surface area contributed by atoms with Crippen LogP contribution in [0.15, 0.2) is 77.6 Å². The number of phenolic OH excluding ortho intramolecular Hbond substituents is 1. The lowest BCUT2D eigenvalue weighted by atomic mass is 10.0. The molecule has 1 atom stereocenters. The number of nitrogens with one attached hydrogen (secondary N) is 1. The molecule has 4 N–H and O–H groups in total. The first-order valence-electron chi connectivity index (χ1n) is 9.51. The molecule has 31 heavy (non-hydrogen) atoms. The number of carbonyl (C=O) groups is 1. The highest BCUT2D eigenvalue weighted by atomic mass is 19.1. The van der Waals surface area contributed by atoms with Gasteiger partial charge in [0.05, 0.1) is 11.6 Å². The van der Waals surface area contributed by atoms with Gasteiger partial charge in [0.1, 0.15) is 17.3 Å². The summed E-state index contributed by atoms with van der Waals surface area (Å²) >= 11 is 0. The molecule has 1 amide bonds. The van der Waals surface area contributed by atoms with Gasteiger partial charge in [0.2, 0.25) is 11.8 Å². The highest BCUT2D eigenvalue weighted by Crippen LogP contribution is 2.37. The van der Waals surface area contributed by atoms with Crippen molar-refractivity contribution in [2.45, 2.75) is 12.5 Å². The molecule has 0 aliphatic rings. The number of anilines is 1. The number of hydrogen-bond donors (Lipinski definition) is 3. The molecule has 7 nitrogen and oxygen atoms in total. The Morgan fingerprint density at radius 1 is 1.03 bits per heavy atom. The van der Waals surface area contributed by atoms with Crippen molar-refractivity contribution in [3.63, 3.8) is 0 Å². The molecule has 0 saturated heterocycles. The molecule has 0 bridgehead atoms. The maximum atomic E-state index is 13.4. The zero-order valence-electron chi connectivity index (χ0n) is 16.3. The number of amides is 1. The molecule has 0 aliphatic carbocycles. The molecular formula is C23H19FN4O3. The molecular weight excluding hydrogens is 399 g/mol. The summed E-state index contributed by atoms with van der Waals surface area (Å²) in [6, 6.07) is 14.9. The second-order valence-corrected chi connectivity index (χ2v) is 6.94. The van der Waals surface area contributed by atoms with Gasteiger partial charge in [-0.05, 0) is 66.1 Å². The molecule has 0 spiro atoms. The predicted molar refractivity (Wildman–Crippen MR) is 114 cm³/mol. The maximum absolute atomic E-state index is 13.4. The minimum atomic E-state index is -0.853. The van der Waals surface area contributed by atoms with E-state index in [2.05, 4.69) is 15.5 Å². The molecule has 0 radical (unpaired) electrons. The van der Waals surface area contributed by atoms with E-state index in [0.29, 0.717) is 16.8 Å². The molecule has 156 valence electrons.